The van der Waals surface area contributed by atoms with Gasteiger partial charge in [-0.3, -0.25) is 0 Å². The van der Waals surface area contributed by atoms with E-state index in [0.29, 0.717) is 11.3 Å². The van der Waals surface area contributed by atoms with Crippen LogP contribution in [0.5, 0.6) is 0 Å². The van der Waals surface area contributed by atoms with Crippen LogP contribution >= 0.6 is 0 Å². The fraction of sp³-hybridized carbons (Fsp3) is 0.250. The second kappa shape index (κ2) is 4.72. The summed E-state index contributed by atoms with van der Waals surface area (Å²) < 4.78 is 25.7. The van der Waals surface area contributed by atoms with Crippen molar-refractivity contribution in [1.82, 2.24) is 0 Å². The third-order valence-electron chi connectivity index (χ3n) is 4.03. The number of aryl methyl sites for hydroxylation is 1. The van der Waals surface area contributed by atoms with Gasteiger partial charge in [0.25, 0.3) is 0 Å². The first-order valence-corrected chi connectivity index (χ1v) is 8.19. The van der Waals surface area contributed by atoms with Crippen LogP contribution in [0.15, 0.2) is 53.4 Å². The van der Waals surface area contributed by atoms with Gasteiger partial charge >= 0.3 is 0 Å². The van der Waals surface area contributed by atoms with Gasteiger partial charge in [-0.15, -0.1) is 0 Å². The Balaban J connectivity index is 2.05. The van der Waals surface area contributed by atoms with Crippen LogP contribution < -0.4 is 5.73 Å². The number of sulfone groups is 1. The van der Waals surface area contributed by atoms with E-state index in [4.69, 9.17) is 5.73 Å². The fourth-order valence-corrected chi connectivity index (χ4v) is 4.97. The van der Waals surface area contributed by atoms with Crippen molar-refractivity contribution in [2.75, 3.05) is 0 Å². The Morgan fingerprint density at radius 2 is 1.70 bits per heavy atom. The normalized spacial score (nSPS) is 21.7. The molecular weight excluding hydrogens is 270 g/mol. The minimum Gasteiger partial charge on any atom is -0.323 e. The lowest BCUT2D eigenvalue weighted by Gasteiger charge is -2.18. The Kier molecular flexibility index (Phi) is 3.15. The molecule has 0 aromatic heterocycles. The molecule has 0 spiro atoms. The average Bonchev–Trinajstić information content (AvgIpc) is 2.78. The molecule has 0 aliphatic heterocycles. The van der Waals surface area contributed by atoms with Crippen LogP contribution in [-0.2, 0) is 16.3 Å². The van der Waals surface area contributed by atoms with Crippen LogP contribution in [0.3, 0.4) is 0 Å². The van der Waals surface area contributed by atoms with Gasteiger partial charge in [-0.25, -0.2) is 8.42 Å². The molecular formula is C16H17NO2S. The predicted molar refractivity (Wildman–Crippen MR) is 79.2 cm³/mol. The number of nitrogens with two attached hydrogens (primary N) is 1. The SMILES string of the molecule is Cc1ccccc1S(=O)(=O)C1Cc2ccccc2C1N. The van der Waals surface area contributed by atoms with E-state index < -0.39 is 21.1 Å². The number of benzene rings is 2. The smallest absolute Gasteiger partial charge is 0.183 e. The molecule has 0 radical (unpaired) electrons. The standard InChI is InChI=1S/C16H17NO2S/c1-11-6-2-5-9-14(11)20(18,19)15-10-12-7-3-4-8-13(12)16(15)17/h2-9,15-16H,10,17H2,1H3. The molecule has 2 aromatic carbocycles. The van der Waals surface area contributed by atoms with E-state index in [2.05, 4.69) is 0 Å². The lowest BCUT2D eigenvalue weighted by atomic mass is 10.1. The van der Waals surface area contributed by atoms with Gasteiger partial charge in [-0.2, -0.15) is 0 Å². The summed E-state index contributed by atoms with van der Waals surface area (Å²) in [6.07, 6.45) is 0.494. The summed E-state index contributed by atoms with van der Waals surface area (Å²) in [5.41, 5.74) is 8.96. The van der Waals surface area contributed by atoms with Gasteiger partial charge in [-0.1, -0.05) is 42.5 Å². The molecule has 104 valence electrons. The van der Waals surface area contributed by atoms with Gasteiger partial charge in [0.2, 0.25) is 0 Å². The van der Waals surface area contributed by atoms with Crippen molar-refractivity contribution in [3.8, 4) is 0 Å². The van der Waals surface area contributed by atoms with E-state index in [0.717, 1.165) is 16.7 Å². The fourth-order valence-electron chi connectivity index (χ4n) is 2.93. The molecule has 3 rings (SSSR count). The second-order valence-corrected chi connectivity index (χ2v) is 7.41. The molecule has 4 heteroatoms. The van der Waals surface area contributed by atoms with Gasteiger partial charge in [-0.05, 0) is 36.1 Å². The van der Waals surface area contributed by atoms with Gasteiger partial charge in [0, 0.05) is 6.04 Å². The second-order valence-electron chi connectivity index (χ2n) is 5.28. The summed E-state index contributed by atoms with van der Waals surface area (Å²) >= 11 is 0. The van der Waals surface area contributed by atoms with E-state index in [-0.39, 0.29) is 0 Å². The van der Waals surface area contributed by atoms with Crippen LogP contribution in [0.2, 0.25) is 0 Å². The molecule has 1 aliphatic carbocycles. The summed E-state index contributed by atoms with van der Waals surface area (Å²) in [6, 6.07) is 14.4. The Bertz CT molecular complexity index is 753. The molecule has 2 N–H and O–H groups in total. The largest absolute Gasteiger partial charge is 0.323 e. The van der Waals surface area contributed by atoms with Crippen molar-refractivity contribution in [1.29, 1.82) is 0 Å². The first kappa shape index (κ1) is 13.3. The van der Waals surface area contributed by atoms with Crippen molar-refractivity contribution < 1.29 is 8.42 Å². The van der Waals surface area contributed by atoms with Crippen LogP contribution in [0, 0.1) is 6.92 Å². The molecule has 3 nitrogen and oxygen atoms in total. The van der Waals surface area contributed by atoms with Crippen LogP contribution in [0.1, 0.15) is 22.7 Å². The summed E-state index contributed by atoms with van der Waals surface area (Å²) in [5.74, 6) is 0. The van der Waals surface area contributed by atoms with Crippen LogP contribution in [-0.4, -0.2) is 13.7 Å². The van der Waals surface area contributed by atoms with Crippen LogP contribution in [0.4, 0.5) is 0 Å². The topological polar surface area (TPSA) is 60.2 Å². The third-order valence-corrected chi connectivity index (χ3v) is 6.36. The van der Waals surface area contributed by atoms with E-state index in [1.165, 1.54) is 0 Å². The maximum atomic E-state index is 12.9. The average molecular weight is 287 g/mol. The first-order valence-electron chi connectivity index (χ1n) is 6.65. The number of fused-ring (bicyclic) bond motifs is 1. The van der Waals surface area contributed by atoms with Crippen molar-refractivity contribution in [2.45, 2.75) is 29.5 Å². The zero-order valence-corrected chi connectivity index (χ0v) is 12.1. The minimum absolute atomic E-state index is 0.397. The molecule has 0 saturated carbocycles. The molecule has 0 saturated heterocycles. The van der Waals surface area contributed by atoms with Crippen molar-refractivity contribution in [3.05, 3.63) is 65.2 Å². The van der Waals surface area contributed by atoms with Crippen molar-refractivity contribution >= 4 is 9.84 Å². The summed E-state index contributed by atoms with van der Waals surface area (Å²) in [6.45, 7) is 1.82. The van der Waals surface area contributed by atoms with E-state index in [1.807, 2.05) is 43.3 Å². The van der Waals surface area contributed by atoms with Crippen LogP contribution in [0.25, 0.3) is 0 Å². The Morgan fingerprint density at radius 1 is 1.05 bits per heavy atom. The van der Waals surface area contributed by atoms with E-state index in [9.17, 15) is 8.42 Å². The number of rotatable bonds is 2. The molecule has 0 bridgehead atoms. The monoisotopic (exact) mass is 287 g/mol. The highest BCUT2D eigenvalue weighted by Crippen LogP contribution is 2.36. The first-order chi connectivity index (χ1) is 9.51. The van der Waals surface area contributed by atoms with Gasteiger partial charge in [0.1, 0.15) is 0 Å². The highest BCUT2D eigenvalue weighted by Gasteiger charge is 2.39. The Morgan fingerprint density at radius 3 is 2.40 bits per heavy atom. The summed E-state index contributed by atoms with van der Waals surface area (Å²) in [7, 11) is -3.41. The molecule has 2 atom stereocenters. The lowest BCUT2D eigenvalue weighted by molar-refractivity contribution is 0.565. The summed E-state index contributed by atoms with van der Waals surface area (Å²) in [4.78, 5) is 0.397. The van der Waals surface area contributed by atoms with E-state index in [1.54, 1.807) is 12.1 Å². The van der Waals surface area contributed by atoms with E-state index >= 15 is 0 Å². The Labute approximate surface area is 119 Å². The van der Waals surface area contributed by atoms with Gasteiger partial charge < -0.3 is 5.73 Å². The Hall–Kier alpha value is -1.65. The zero-order valence-electron chi connectivity index (χ0n) is 11.3. The summed E-state index contributed by atoms with van der Waals surface area (Å²) in [5, 5.41) is -0.569. The van der Waals surface area contributed by atoms with Crippen molar-refractivity contribution in [2.24, 2.45) is 5.73 Å². The number of hydrogen-bond donors (Lipinski definition) is 1. The molecule has 0 heterocycles. The molecule has 0 fully saturated rings. The van der Waals surface area contributed by atoms with Gasteiger partial charge in [0.15, 0.2) is 9.84 Å². The highest BCUT2D eigenvalue weighted by atomic mass is 32.2. The third kappa shape index (κ3) is 1.96. The molecule has 1 aliphatic rings. The van der Waals surface area contributed by atoms with Crippen molar-refractivity contribution in [3.63, 3.8) is 0 Å². The zero-order chi connectivity index (χ0) is 14.3. The lowest BCUT2D eigenvalue weighted by Crippen LogP contribution is -2.31. The highest BCUT2D eigenvalue weighted by molar-refractivity contribution is 7.92. The molecule has 0 amide bonds. The molecule has 2 aromatic rings. The molecule has 20 heavy (non-hydrogen) atoms. The number of hydrogen-bond acceptors (Lipinski definition) is 3. The van der Waals surface area contributed by atoms with Gasteiger partial charge in [0.05, 0.1) is 10.1 Å². The maximum absolute atomic E-state index is 12.9. The minimum atomic E-state index is -3.41. The molecule has 2 unspecified atom stereocenters. The predicted octanol–water partition coefficient (Wildman–Crippen LogP) is 2.39. The quantitative estimate of drug-likeness (QED) is 0.922. The maximum Gasteiger partial charge on any atom is 0.183 e.